The van der Waals surface area contributed by atoms with Crippen molar-refractivity contribution in [3.63, 3.8) is 0 Å². The number of ether oxygens (including phenoxy) is 1. The number of hydrogen-bond acceptors (Lipinski definition) is 5. The summed E-state index contributed by atoms with van der Waals surface area (Å²) in [5.74, 6) is 0.203. The van der Waals surface area contributed by atoms with E-state index in [9.17, 15) is 9.18 Å². The molecule has 2 aromatic rings. The summed E-state index contributed by atoms with van der Waals surface area (Å²) in [4.78, 5) is 25.9. The van der Waals surface area contributed by atoms with E-state index < -0.39 is 0 Å². The molecule has 3 heterocycles. The average Bonchev–Trinajstić information content (AvgIpc) is 3.29. The van der Waals surface area contributed by atoms with Crippen molar-refractivity contribution < 1.29 is 13.9 Å². The van der Waals surface area contributed by atoms with E-state index in [1.807, 2.05) is 24.0 Å². The quantitative estimate of drug-likeness (QED) is 0.679. The lowest BCUT2D eigenvalue weighted by Gasteiger charge is -2.35. The minimum absolute atomic E-state index is 0.0724. The van der Waals surface area contributed by atoms with E-state index in [1.165, 1.54) is 6.07 Å². The maximum Gasteiger partial charge on any atom is 0.274 e. The first kappa shape index (κ1) is 21.8. The van der Waals surface area contributed by atoms with Gasteiger partial charge in [-0.3, -0.25) is 14.7 Å². The highest BCUT2D eigenvalue weighted by molar-refractivity contribution is 5.92. The van der Waals surface area contributed by atoms with E-state index in [0.717, 1.165) is 56.6 Å². The summed E-state index contributed by atoms with van der Waals surface area (Å²) in [6.07, 6.45) is 7.32. The van der Waals surface area contributed by atoms with Crippen LogP contribution in [0.1, 0.15) is 47.4 Å². The Balaban J connectivity index is 1.36. The molecule has 1 amide bonds. The van der Waals surface area contributed by atoms with Crippen LogP contribution in [-0.4, -0.2) is 64.6 Å². The highest BCUT2D eigenvalue weighted by atomic mass is 19.1. The van der Waals surface area contributed by atoms with Gasteiger partial charge in [0.15, 0.2) is 0 Å². The van der Waals surface area contributed by atoms with Gasteiger partial charge in [-0.25, -0.2) is 9.37 Å². The van der Waals surface area contributed by atoms with E-state index in [4.69, 9.17) is 4.74 Å². The Kier molecular flexibility index (Phi) is 7.25. The molecule has 1 atom stereocenters. The van der Waals surface area contributed by atoms with Crippen molar-refractivity contribution in [2.24, 2.45) is 5.92 Å². The van der Waals surface area contributed by atoms with Crippen LogP contribution in [0.5, 0.6) is 0 Å². The summed E-state index contributed by atoms with van der Waals surface area (Å²) in [5, 5.41) is 0. The number of aryl methyl sites for hydroxylation is 1. The summed E-state index contributed by atoms with van der Waals surface area (Å²) in [5.41, 5.74) is 1.93. The molecule has 0 bridgehead atoms. The number of benzene rings is 1. The second-order valence-corrected chi connectivity index (χ2v) is 8.70. The Bertz CT molecular complexity index is 862. The summed E-state index contributed by atoms with van der Waals surface area (Å²) in [7, 11) is 0. The number of halogens is 1. The molecule has 2 fully saturated rings. The molecule has 1 aromatic carbocycles. The lowest BCUT2D eigenvalue weighted by molar-refractivity contribution is 0.0440. The molecule has 1 aromatic heterocycles. The topological polar surface area (TPSA) is 58.6 Å². The van der Waals surface area contributed by atoms with Crippen LogP contribution < -0.4 is 0 Å². The number of amides is 1. The molecule has 2 aliphatic heterocycles. The molecule has 0 unspecified atom stereocenters. The number of aromatic nitrogens is 2. The number of hydrogen-bond donors (Lipinski definition) is 0. The van der Waals surface area contributed by atoms with Gasteiger partial charge in [-0.05, 0) is 57.7 Å². The van der Waals surface area contributed by atoms with Gasteiger partial charge in [-0.15, -0.1) is 0 Å². The van der Waals surface area contributed by atoms with Crippen molar-refractivity contribution in [3.05, 3.63) is 59.4 Å². The third-order valence-electron chi connectivity index (χ3n) is 6.27. The first-order valence-corrected chi connectivity index (χ1v) is 11.2. The molecule has 0 spiro atoms. The van der Waals surface area contributed by atoms with Crippen LogP contribution in [0.15, 0.2) is 36.7 Å². The van der Waals surface area contributed by atoms with Crippen molar-refractivity contribution >= 4 is 5.91 Å². The molecule has 7 heteroatoms. The number of likely N-dealkylation sites (tertiary alicyclic amines) is 1. The Hall–Kier alpha value is -2.38. The maximum absolute atomic E-state index is 14.0. The minimum Gasteiger partial charge on any atom is -0.376 e. The van der Waals surface area contributed by atoms with Crippen LogP contribution in [0.2, 0.25) is 0 Å². The van der Waals surface area contributed by atoms with Crippen LogP contribution in [0.25, 0.3) is 0 Å². The Morgan fingerprint density at radius 1 is 1.16 bits per heavy atom. The van der Waals surface area contributed by atoms with E-state index in [2.05, 4.69) is 14.9 Å². The normalized spacial score (nSPS) is 20.1. The molecule has 166 valence electrons. The Morgan fingerprint density at radius 3 is 2.65 bits per heavy atom. The molecule has 2 saturated heterocycles. The van der Waals surface area contributed by atoms with E-state index in [0.29, 0.717) is 31.2 Å². The van der Waals surface area contributed by atoms with Crippen molar-refractivity contribution in [1.29, 1.82) is 0 Å². The summed E-state index contributed by atoms with van der Waals surface area (Å²) >= 11 is 0. The molecule has 31 heavy (non-hydrogen) atoms. The van der Waals surface area contributed by atoms with E-state index in [-0.39, 0.29) is 17.8 Å². The number of carbonyl (C=O) groups excluding carboxylic acids is 1. The first-order valence-electron chi connectivity index (χ1n) is 11.2. The molecular formula is C24H31FN4O2. The number of nitrogens with zero attached hydrogens (tertiary/aromatic N) is 4. The number of piperidine rings is 1. The first-order chi connectivity index (χ1) is 15.1. The van der Waals surface area contributed by atoms with Gasteiger partial charge in [-0.1, -0.05) is 18.2 Å². The van der Waals surface area contributed by atoms with Gasteiger partial charge < -0.3 is 9.64 Å². The average molecular weight is 427 g/mol. The molecule has 6 nitrogen and oxygen atoms in total. The summed E-state index contributed by atoms with van der Waals surface area (Å²) in [6.45, 7) is 6.38. The lowest BCUT2D eigenvalue weighted by atomic mass is 9.95. The highest BCUT2D eigenvalue weighted by Crippen LogP contribution is 2.23. The van der Waals surface area contributed by atoms with Crippen molar-refractivity contribution in [3.8, 4) is 0 Å². The van der Waals surface area contributed by atoms with Crippen LogP contribution >= 0.6 is 0 Å². The number of rotatable bonds is 7. The molecular weight excluding hydrogens is 395 g/mol. The van der Waals surface area contributed by atoms with Crippen molar-refractivity contribution in [2.45, 2.75) is 45.3 Å². The van der Waals surface area contributed by atoms with Crippen LogP contribution in [0.4, 0.5) is 4.39 Å². The fourth-order valence-corrected chi connectivity index (χ4v) is 4.45. The lowest BCUT2D eigenvalue weighted by Crippen LogP contribution is -2.43. The SMILES string of the molecule is Cc1cnc(C(=O)N(CC2CCN(Cc3ccccc3F)CC2)C[C@H]2CCCO2)cn1. The van der Waals surface area contributed by atoms with Gasteiger partial charge in [0, 0.05) is 38.0 Å². The van der Waals surface area contributed by atoms with Gasteiger partial charge >= 0.3 is 0 Å². The number of carbonyl (C=O) groups is 1. The second-order valence-electron chi connectivity index (χ2n) is 8.70. The van der Waals surface area contributed by atoms with Gasteiger partial charge in [0.25, 0.3) is 5.91 Å². The minimum atomic E-state index is -0.142. The molecule has 0 N–H and O–H groups in total. The standard InChI is InChI=1S/C24H31FN4O2/c1-18-13-27-23(14-26-18)24(30)29(17-21-6-4-12-31-21)15-19-8-10-28(11-9-19)16-20-5-2-3-7-22(20)25/h2-3,5,7,13-14,19,21H,4,6,8-12,15-17H2,1H3/t21-/m1/s1. The summed E-state index contributed by atoms with van der Waals surface area (Å²) < 4.78 is 19.8. The Labute approximate surface area is 183 Å². The largest absolute Gasteiger partial charge is 0.376 e. The monoisotopic (exact) mass is 426 g/mol. The maximum atomic E-state index is 14.0. The molecule has 0 radical (unpaired) electrons. The predicted molar refractivity (Wildman–Crippen MR) is 116 cm³/mol. The third kappa shape index (κ3) is 5.86. The highest BCUT2D eigenvalue weighted by Gasteiger charge is 2.28. The van der Waals surface area contributed by atoms with Gasteiger partial charge in [0.2, 0.25) is 0 Å². The second kappa shape index (κ2) is 10.3. The zero-order valence-corrected chi connectivity index (χ0v) is 18.2. The van der Waals surface area contributed by atoms with Crippen molar-refractivity contribution in [2.75, 3.05) is 32.8 Å². The smallest absolute Gasteiger partial charge is 0.274 e. The van der Waals surface area contributed by atoms with Gasteiger partial charge in [0.05, 0.1) is 18.0 Å². The van der Waals surface area contributed by atoms with E-state index >= 15 is 0 Å². The zero-order chi connectivity index (χ0) is 21.6. The third-order valence-corrected chi connectivity index (χ3v) is 6.27. The predicted octanol–water partition coefficient (Wildman–Crippen LogP) is 3.46. The van der Waals surface area contributed by atoms with Crippen LogP contribution in [0.3, 0.4) is 0 Å². The zero-order valence-electron chi connectivity index (χ0n) is 18.2. The van der Waals surface area contributed by atoms with Crippen molar-refractivity contribution in [1.82, 2.24) is 19.8 Å². The fourth-order valence-electron chi connectivity index (χ4n) is 4.45. The van der Waals surface area contributed by atoms with Crippen LogP contribution in [-0.2, 0) is 11.3 Å². The molecule has 4 rings (SSSR count). The molecule has 2 aliphatic rings. The van der Waals surface area contributed by atoms with E-state index in [1.54, 1.807) is 18.5 Å². The van der Waals surface area contributed by atoms with Gasteiger partial charge in [0.1, 0.15) is 11.5 Å². The Morgan fingerprint density at radius 2 is 1.97 bits per heavy atom. The van der Waals surface area contributed by atoms with Crippen LogP contribution in [0, 0.1) is 18.7 Å². The molecule has 0 aliphatic carbocycles. The van der Waals surface area contributed by atoms with Gasteiger partial charge in [-0.2, -0.15) is 0 Å². The fraction of sp³-hybridized carbons (Fsp3) is 0.542. The summed E-state index contributed by atoms with van der Waals surface area (Å²) in [6, 6.07) is 6.98. The molecule has 0 saturated carbocycles.